The van der Waals surface area contributed by atoms with Crippen molar-refractivity contribution in [1.82, 2.24) is 14.6 Å². The molecule has 2 aromatic heterocycles. The van der Waals surface area contributed by atoms with Gasteiger partial charge < -0.3 is 5.73 Å². The van der Waals surface area contributed by atoms with E-state index in [1.54, 1.807) is 6.07 Å². The number of fused-ring (bicyclic) bond motifs is 1. The van der Waals surface area contributed by atoms with Gasteiger partial charge in [-0.05, 0) is 30.2 Å². The topological polar surface area (TPSA) is 56.2 Å². The van der Waals surface area contributed by atoms with E-state index in [0.29, 0.717) is 24.4 Å². The minimum Gasteiger partial charge on any atom is -0.399 e. The number of aryl methyl sites for hydroxylation is 2. The molecule has 0 aliphatic heterocycles. The first kappa shape index (κ1) is 15.6. The zero-order valence-electron chi connectivity index (χ0n) is 11.8. The molecule has 120 valence electrons. The van der Waals surface area contributed by atoms with E-state index in [4.69, 9.17) is 17.3 Å². The molecule has 0 spiro atoms. The average Bonchev–Trinajstić information content (AvgIpc) is 2.88. The molecule has 0 amide bonds. The summed E-state index contributed by atoms with van der Waals surface area (Å²) in [5.74, 6) is 0.412. The molecule has 0 aliphatic carbocycles. The maximum Gasteiger partial charge on any atom is 0.417 e. The van der Waals surface area contributed by atoms with Crippen molar-refractivity contribution in [3.05, 3.63) is 58.5 Å². The van der Waals surface area contributed by atoms with Crippen LogP contribution in [0.3, 0.4) is 0 Å². The molecular formula is C15H12ClF3N4. The van der Waals surface area contributed by atoms with E-state index in [0.717, 1.165) is 17.8 Å². The predicted octanol–water partition coefficient (Wildman–Crippen LogP) is 3.77. The molecule has 0 bridgehead atoms. The van der Waals surface area contributed by atoms with E-state index < -0.39 is 11.7 Å². The van der Waals surface area contributed by atoms with Crippen LogP contribution in [0, 0.1) is 0 Å². The third-order valence-corrected chi connectivity index (χ3v) is 3.72. The Kier molecular flexibility index (Phi) is 3.89. The van der Waals surface area contributed by atoms with Crippen molar-refractivity contribution in [1.29, 1.82) is 0 Å². The number of aromatic nitrogens is 3. The number of nitrogen functional groups attached to an aromatic ring is 1. The van der Waals surface area contributed by atoms with Crippen LogP contribution in [0.15, 0.2) is 36.5 Å². The standard InChI is InChI=1S/C15H12ClF3N4/c16-12-7-10(15(17,18)19)8-23-13(21-22-14(12)23)5-4-9-2-1-3-11(20)6-9/h1-3,6-8H,4-5,20H2. The first-order chi connectivity index (χ1) is 10.8. The van der Waals surface area contributed by atoms with Crippen molar-refractivity contribution in [3.8, 4) is 0 Å². The van der Waals surface area contributed by atoms with Gasteiger partial charge in [-0.25, -0.2) is 0 Å². The van der Waals surface area contributed by atoms with Gasteiger partial charge in [0.2, 0.25) is 0 Å². The van der Waals surface area contributed by atoms with Crippen molar-refractivity contribution in [2.24, 2.45) is 0 Å². The first-order valence-electron chi connectivity index (χ1n) is 6.79. The highest BCUT2D eigenvalue weighted by Gasteiger charge is 2.32. The van der Waals surface area contributed by atoms with Crippen LogP contribution in [0.2, 0.25) is 5.02 Å². The quantitative estimate of drug-likeness (QED) is 0.738. The number of halogens is 4. The molecule has 0 radical (unpaired) electrons. The van der Waals surface area contributed by atoms with Crippen LogP contribution in [0.1, 0.15) is 17.0 Å². The fourth-order valence-electron chi connectivity index (χ4n) is 2.33. The number of benzene rings is 1. The summed E-state index contributed by atoms with van der Waals surface area (Å²) in [7, 11) is 0. The van der Waals surface area contributed by atoms with Crippen LogP contribution < -0.4 is 5.73 Å². The molecule has 0 aliphatic rings. The molecule has 0 saturated heterocycles. The van der Waals surface area contributed by atoms with Gasteiger partial charge in [0.05, 0.1) is 10.6 Å². The minimum absolute atomic E-state index is 0.0810. The molecular weight excluding hydrogens is 329 g/mol. The maximum absolute atomic E-state index is 12.9. The smallest absolute Gasteiger partial charge is 0.399 e. The summed E-state index contributed by atoms with van der Waals surface area (Å²) in [6, 6.07) is 8.16. The fraction of sp³-hybridized carbons (Fsp3) is 0.200. The molecule has 2 heterocycles. The van der Waals surface area contributed by atoms with Crippen molar-refractivity contribution >= 4 is 22.9 Å². The van der Waals surface area contributed by atoms with Crippen molar-refractivity contribution < 1.29 is 13.2 Å². The van der Waals surface area contributed by atoms with Crippen molar-refractivity contribution in [2.45, 2.75) is 19.0 Å². The third kappa shape index (κ3) is 3.24. The Morgan fingerprint density at radius 1 is 1.13 bits per heavy atom. The number of hydrogen-bond donors (Lipinski definition) is 1. The molecule has 23 heavy (non-hydrogen) atoms. The van der Waals surface area contributed by atoms with Crippen LogP contribution in [0.25, 0.3) is 5.65 Å². The highest BCUT2D eigenvalue weighted by molar-refractivity contribution is 6.33. The summed E-state index contributed by atoms with van der Waals surface area (Å²) in [6.45, 7) is 0. The van der Waals surface area contributed by atoms with Gasteiger partial charge in [-0.1, -0.05) is 23.7 Å². The SMILES string of the molecule is Nc1cccc(CCc2nnc3c(Cl)cc(C(F)(F)F)cn23)c1. The summed E-state index contributed by atoms with van der Waals surface area (Å²) < 4.78 is 40.0. The van der Waals surface area contributed by atoms with Crippen molar-refractivity contribution in [3.63, 3.8) is 0 Å². The molecule has 0 unspecified atom stereocenters. The Hall–Kier alpha value is -2.28. The maximum atomic E-state index is 12.9. The van der Waals surface area contributed by atoms with E-state index in [1.165, 1.54) is 4.40 Å². The van der Waals surface area contributed by atoms with Gasteiger partial charge in [-0.15, -0.1) is 10.2 Å². The van der Waals surface area contributed by atoms with Gasteiger partial charge in [0.25, 0.3) is 0 Å². The summed E-state index contributed by atoms with van der Waals surface area (Å²) in [5.41, 5.74) is 6.69. The normalized spacial score (nSPS) is 12.0. The Morgan fingerprint density at radius 3 is 2.61 bits per heavy atom. The summed E-state index contributed by atoms with van der Waals surface area (Å²) >= 11 is 5.88. The number of alkyl halides is 3. The minimum atomic E-state index is -4.48. The molecule has 4 nitrogen and oxygen atoms in total. The van der Waals surface area contributed by atoms with E-state index >= 15 is 0 Å². The van der Waals surface area contributed by atoms with Gasteiger partial charge in [0, 0.05) is 18.3 Å². The average molecular weight is 341 g/mol. The Labute approximate surface area is 134 Å². The van der Waals surface area contributed by atoms with E-state index in [9.17, 15) is 13.2 Å². The Morgan fingerprint density at radius 2 is 1.91 bits per heavy atom. The second kappa shape index (κ2) is 5.73. The van der Waals surface area contributed by atoms with Crippen LogP contribution in [0.4, 0.5) is 18.9 Å². The highest BCUT2D eigenvalue weighted by Crippen LogP contribution is 2.32. The van der Waals surface area contributed by atoms with Gasteiger partial charge >= 0.3 is 6.18 Å². The first-order valence-corrected chi connectivity index (χ1v) is 7.17. The lowest BCUT2D eigenvalue weighted by atomic mass is 10.1. The van der Waals surface area contributed by atoms with E-state index in [2.05, 4.69) is 10.2 Å². The Bertz CT molecular complexity index is 858. The van der Waals surface area contributed by atoms with Crippen LogP contribution in [-0.2, 0) is 19.0 Å². The van der Waals surface area contributed by atoms with Gasteiger partial charge in [-0.3, -0.25) is 4.40 Å². The van der Waals surface area contributed by atoms with Crippen LogP contribution >= 0.6 is 11.6 Å². The molecule has 1 aromatic carbocycles. The second-order valence-electron chi connectivity index (χ2n) is 5.13. The summed E-state index contributed by atoms with van der Waals surface area (Å²) in [5, 5.41) is 7.73. The third-order valence-electron chi connectivity index (χ3n) is 3.45. The van der Waals surface area contributed by atoms with Gasteiger partial charge in [-0.2, -0.15) is 13.2 Å². The molecule has 0 saturated carbocycles. The fourth-order valence-corrected chi connectivity index (χ4v) is 2.58. The number of rotatable bonds is 3. The highest BCUT2D eigenvalue weighted by atomic mass is 35.5. The number of pyridine rings is 1. The molecule has 3 rings (SSSR count). The van der Waals surface area contributed by atoms with Gasteiger partial charge in [0.1, 0.15) is 5.82 Å². The van der Waals surface area contributed by atoms with E-state index in [1.807, 2.05) is 18.2 Å². The number of hydrogen-bond acceptors (Lipinski definition) is 3. The Balaban J connectivity index is 1.93. The summed E-state index contributed by atoms with van der Waals surface area (Å²) in [4.78, 5) is 0. The number of nitrogens with two attached hydrogens (primary N) is 1. The molecule has 0 atom stereocenters. The van der Waals surface area contributed by atoms with Gasteiger partial charge in [0.15, 0.2) is 5.65 Å². The number of anilines is 1. The second-order valence-corrected chi connectivity index (χ2v) is 5.54. The van der Waals surface area contributed by atoms with Crippen LogP contribution in [0.5, 0.6) is 0 Å². The molecule has 3 aromatic rings. The molecule has 0 fully saturated rings. The largest absolute Gasteiger partial charge is 0.417 e. The van der Waals surface area contributed by atoms with Crippen LogP contribution in [-0.4, -0.2) is 14.6 Å². The number of nitrogens with zero attached hydrogens (tertiary/aromatic N) is 3. The predicted molar refractivity (Wildman–Crippen MR) is 81.3 cm³/mol. The zero-order valence-corrected chi connectivity index (χ0v) is 12.6. The van der Waals surface area contributed by atoms with Crippen molar-refractivity contribution in [2.75, 3.05) is 5.73 Å². The summed E-state index contributed by atoms with van der Waals surface area (Å²) in [6.07, 6.45) is -2.51. The zero-order chi connectivity index (χ0) is 16.6. The molecule has 8 heteroatoms. The van der Waals surface area contributed by atoms with E-state index in [-0.39, 0.29) is 10.7 Å². The monoisotopic (exact) mass is 340 g/mol. The lowest BCUT2D eigenvalue weighted by molar-refractivity contribution is -0.137. The lowest BCUT2D eigenvalue weighted by Gasteiger charge is -2.09. The molecule has 2 N–H and O–H groups in total. The lowest BCUT2D eigenvalue weighted by Crippen LogP contribution is -2.08.